The van der Waals surface area contributed by atoms with Crippen molar-refractivity contribution in [2.24, 2.45) is 17.8 Å². The van der Waals surface area contributed by atoms with Crippen LogP contribution in [0.1, 0.15) is 66.2 Å². The number of methoxy groups -OCH3 is 1. The lowest BCUT2D eigenvalue weighted by molar-refractivity contribution is -0.0907. The Bertz CT molecular complexity index is 1320. The van der Waals surface area contributed by atoms with Gasteiger partial charge in [-0.3, -0.25) is 4.57 Å². The Morgan fingerprint density at radius 3 is 2.33 bits per heavy atom. The van der Waals surface area contributed by atoms with E-state index in [0.29, 0.717) is 31.6 Å². The van der Waals surface area contributed by atoms with Gasteiger partial charge in [0.15, 0.2) is 6.29 Å². The maximum Gasteiger partial charge on any atom is 0.407 e. The molecule has 0 spiro atoms. The molecule has 0 unspecified atom stereocenters. The van der Waals surface area contributed by atoms with Crippen molar-refractivity contribution >= 4 is 23.7 Å². The van der Waals surface area contributed by atoms with Gasteiger partial charge in [0.1, 0.15) is 18.2 Å². The molecule has 0 radical (unpaired) electrons. The number of amides is 1. The lowest BCUT2D eigenvalue weighted by Gasteiger charge is -2.35. The first-order valence-electron chi connectivity index (χ1n) is 17.4. The predicted molar refractivity (Wildman–Crippen MR) is 181 cm³/mol. The second kappa shape index (κ2) is 18.6. The highest BCUT2D eigenvalue weighted by molar-refractivity contribution is 7.89. The van der Waals surface area contributed by atoms with Gasteiger partial charge in [0.05, 0.1) is 62.6 Å². The minimum absolute atomic E-state index is 0.0309. The van der Waals surface area contributed by atoms with Gasteiger partial charge in [-0.15, -0.1) is 0 Å². The minimum Gasteiger partial charge on any atom is -0.497 e. The first kappa shape index (κ1) is 40.0. The van der Waals surface area contributed by atoms with Crippen LogP contribution in [0.3, 0.4) is 0 Å². The number of aliphatic hydroxyl groups is 1. The largest absolute Gasteiger partial charge is 0.497 e. The van der Waals surface area contributed by atoms with E-state index >= 15 is 0 Å². The molecule has 1 aromatic rings. The van der Waals surface area contributed by atoms with E-state index in [-0.39, 0.29) is 74.3 Å². The molecule has 1 amide bonds. The van der Waals surface area contributed by atoms with Gasteiger partial charge in [0.25, 0.3) is 0 Å². The van der Waals surface area contributed by atoms with Crippen LogP contribution < -0.4 is 10.1 Å². The predicted octanol–water partition coefficient (Wildman–Crippen LogP) is 4.75. The molecule has 2 heterocycles. The molecule has 2 N–H and O–H groups in total. The number of carbonyl (C=O) groups is 1. The molecule has 280 valence electrons. The Balaban J connectivity index is 1.44. The van der Waals surface area contributed by atoms with Crippen molar-refractivity contribution in [2.75, 3.05) is 53.0 Å². The molecule has 16 heteroatoms. The van der Waals surface area contributed by atoms with Gasteiger partial charge < -0.3 is 43.2 Å². The van der Waals surface area contributed by atoms with E-state index in [1.807, 2.05) is 13.8 Å². The van der Waals surface area contributed by atoms with Crippen molar-refractivity contribution in [1.29, 1.82) is 0 Å². The highest BCUT2D eigenvalue weighted by Gasteiger charge is 2.44. The third-order valence-electron chi connectivity index (χ3n) is 9.17. The molecule has 3 fully saturated rings. The van der Waals surface area contributed by atoms with E-state index in [2.05, 4.69) is 5.32 Å². The average Bonchev–Trinajstić information content (AvgIpc) is 3.69. The Hall–Kier alpha value is -1.81. The standard InChI is InChI=1S/C33H55N2O12PS/c1-6-45-48(38,46-7-2)22-44-26-10-8-24(9-11-26)18-29(34-33(37)47-31-21-43-32-28(31)16-17-42-32)30(36)20-35(19-23(3)4)49(39,40)27-14-12-25(41-5)13-15-27/h12-15,23-24,26,28-32,36H,6-11,16-22H2,1-5H3,(H,34,37)/t24?,26?,28-,29-,30+,31-,32+/m0/s1. The molecule has 49 heavy (non-hydrogen) atoms. The number of rotatable bonds is 19. The molecule has 2 aliphatic heterocycles. The highest BCUT2D eigenvalue weighted by Crippen LogP contribution is 2.48. The summed E-state index contributed by atoms with van der Waals surface area (Å²) in [6.07, 6.45) is 0.898. The first-order valence-corrected chi connectivity index (χ1v) is 20.6. The summed E-state index contributed by atoms with van der Waals surface area (Å²) in [4.78, 5) is 13.3. The number of carbonyl (C=O) groups excluding carboxylic acids is 1. The fraction of sp³-hybridized carbons (Fsp3) is 0.788. The summed E-state index contributed by atoms with van der Waals surface area (Å²) >= 11 is 0. The average molecular weight is 735 g/mol. The topological polar surface area (TPSA) is 168 Å². The number of aliphatic hydroxyl groups excluding tert-OH is 1. The molecule has 14 nitrogen and oxygen atoms in total. The Morgan fingerprint density at radius 2 is 1.71 bits per heavy atom. The number of nitrogens with zero attached hydrogens (tertiary/aromatic N) is 1. The first-order chi connectivity index (χ1) is 23.4. The number of ether oxygens (including phenoxy) is 5. The Morgan fingerprint density at radius 1 is 1.04 bits per heavy atom. The SMILES string of the molecule is CCOP(=O)(COC1CCC(C[C@H](NC(=O)O[C@H]2CO[C@H]3OCC[C@H]32)[C@H](O)CN(CC(C)C)S(=O)(=O)c2ccc(OC)cc2)CC1)OCC. The van der Waals surface area contributed by atoms with Crippen LogP contribution in [0, 0.1) is 17.8 Å². The van der Waals surface area contributed by atoms with Crippen molar-refractivity contribution in [2.45, 2.75) is 102 Å². The van der Waals surface area contributed by atoms with Gasteiger partial charge in [-0.2, -0.15) is 4.31 Å². The van der Waals surface area contributed by atoms with Gasteiger partial charge in [-0.1, -0.05) is 13.8 Å². The van der Waals surface area contributed by atoms with E-state index in [9.17, 15) is 22.9 Å². The molecule has 3 aliphatic rings. The molecule has 1 saturated carbocycles. The molecule has 5 atom stereocenters. The van der Waals surface area contributed by atoms with Gasteiger partial charge in [-0.05, 0) is 88.5 Å². The molecule has 0 bridgehead atoms. The van der Waals surface area contributed by atoms with Crippen LogP contribution in [0.25, 0.3) is 0 Å². The Kier molecular flexibility index (Phi) is 15.2. The lowest BCUT2D eigenvalue weighted by atomic mass is 9.82. The van der Waals surface area contributed by atoms with Gasteiger partial charge >= 0.3 is 13.7 Å². The fourth-order valence-electron chi connectivity index (χ4n) is 6.69. The van der Waals surface area contributed by atoms with Gasteiger partial charge in [0.2, 0.25) is 10.0 Å². The van der Waals surface area contributed by atoms with E-state index in [1.165, 1.54) is 23.5 Å². The normalized spacial score (nSPS) is 25.7. The van der Waals surface area contributed by atoms with Crippen molar-refractivity contribution in [3.8, 4) is 5.75 Å². The summed E-state index contributed by atoms with van der Waals surface area (Å²) in [7, 11) is -5.82. The summed E-state index contributed by atoms with van der Waals surface area (Å²) in [6, 6.07) is 5.32. The number of hydrogen-bond acceptors (Lipinski definition) is 12. The summed E-state index contributed by atoms with van der Waals surface area (Å²) in [5.41, 5.74) is 0. The molecule has 1 aliphatic carbocycles. The fourth-order valence-corrected chi connectivity index (χ4v) is 9.71. The van der Waals surface area contributed by atoms with Crippen molar-refractivity contribution < 1.29 is 55.6 Å². The maximum absolute atomic E-state index is 13.8. The molecule has 1 aromatic carbocycles. The minimum atomic E-state index is -3.99. The van der Waals surface area contributed by atoms with Crippen LogP contribution in [0.4, 0.5) is 4.79 Å². The second-order valence-electron chi connectivity index (χ2n) is 13.3. The quantitative estimate of drug-likeness (QED) is 0.188. The third kappa shape index (κ3) is 11.3. The monoisotopic (exact) mass is 734 g/mol. The van der Waals surface area contributed by atoms with E-state index < -0.39 is 42.0 Å². The number of nitrogens with one attached hydrogen (secondary N) is 1. The smallest absolute Gasteiger partial charge is 0.407 e. The van der Waals surface area contributed by atoms with E-state index in [0.717, 1.165) is 19.3 Å². The molecular formula is C33H55N2O12PS. The number of hydrogen-bond donors (Lipinski definition) is 2. The number of benzene rings is 1. The van der Waals surface area contributed by atoms with Crippen LogP contribution in [0.2, 0.25) is 0 Å². The zero-order valence-corrected chi connectivity index (χ0v) is 31.1. The zero-order valence-electron chi connectivity index (χ0n) is 29.4. The van der Waals surface area contributed by atoms with Crippen LogP contribution in [-0.2, 0) is 42.6 Å². The van der Waals surface area contributed by atoms with Crippen LogP contribution >= 0.6 is 7.60 Å². The summed E-state index contributed by atoms with van der Waals surface area (Å²) in [6.45, 7) is 8.52. The lowest BCUT2D eigenvalue weighted by Crippen LogP contribution is -2.51. The van der Waals surface area contributed by atoms with E-state index in [1.54, 1.807) is 26.0 Å². The van der Waals surface area contributed by atoms with E-state index in [4.69, 9.17) is 32.7 Å². The van der Waals surface area contributed by atoms with Crippen molar-refractivity contribution in [3.05, 3.63) is 24.3 Å². The Labute approximate surface area is 291 Å². The number of fused-ring (bicyclic) bond motifs is 1. The number of sulfonamides is 1. The zero-order chi connectivity index (χ0) is 35.6. The van der Waals surface area contributed by atoms with Crippen LogP contribution in [0.5, 0.6) is 5.75 Å². The van der Waals surface area contributed by atoms with Crippen molar-refractivity contribution in [1.82, 2.24) is 9.62 Å². The molecule has 4 rings (SSSR count). The summed E-state index contributed by atoms with van der Waals surface area (Å²) in [5, 5.41) is 14.6. The third-order valence-corrected chi connectivity index (χ3v) is 12.8. The van der Waals surface area contributed by atoms with Crippen LogP contribution in [0.15, 0.2) is 29.2 Å². The molecular weight excluding hydrogens is 679 g/mol. The summed E-state index contributed by atoms with van der Waals surface area (Å²) < 4.78 is 80.5. The molecule has 0 aromatic heterocycles. The summed E-state index contributed by atoms with van der Waals surface area (Å²) in [5.74, 6) is 0.542. The second-order valence-corrected chi connectivity index (χ2v) is 17.2. The number of alkyl carbamates (subject to hydrolysis) is 1. The van der Waals surface area contributed by atoms with Gasteiger partial charge in [0, 0.05) is 13.1 Å². The van der Waals surface area contributed by atoms with Crippen molar-refractivity contribution in [3.63, 3.8) is 0 Å². The highest BCUT2D eigenvalue weighted by atomic mass is 32.2. The molecule has 2 saturated heterocycles. The van der Waals surface area contributed by atoms with Gasteiger partial charge in [-0.25, -0.2) is 13.2 Å². The maximum atomic E-state index is 13.8. The van der Waals surface area contributed by atoms with Crippen LogP contribution in [-0.4, -0.2) is 108 Å².